The Morgan fingerprint density at radius 3 is 2.57 bits per heavy atom. The summed E-state index contributed by atoms with van der Waals surface area (Å²) < 4.78 is 5.56. The SMILES string of the molecule is CN=C(NCc1nc(C)c(C)o1)NCC(C1CC1)N(C)C. The molecule has 0 aliphatic heterocycles. The highest BCUT2D eigenvalue weighted by molar-refractivity contribution is 5.79. The molecule has 0 aromatic carbocycles. The van der Waals surface area contributed by atoms with E-state index in [-0.39, 0.29) is 0 Å². The Kier molecular flexibility index (Phi) is 5.22. The first-order chi connectivity index (χ1) is 10.0. The van der Waals surface area contributed by atoms with Crippen LogP contribution in [0.25, 0.3) is 0 Å². The molecule has 1 fully saturated rings. The molecule has 21 heavy (non-hydrogen) atoms. The van der Waals surface area contributed by atoms with E-state index in [2.05, 4.69) is 39.6 Å². The van der Waals surface area contributed by atoms with Crippen LogP contribution in [0, 0.1) is 19.8 Å². The Bertz CT molecular complexity index is 469. The molecule has 2 N–H and O–H groups in total. The van der Waals surface area contributed by atoms with Crippen LogP contribution in [0.15, 0.2) is 9.41 Å². The normalized spacial score (nSPS) is 17.1. The number of guanidine groups is 1. The van der Waals surface area contributed by atoms with Gasteiger partial charge in [0.15, 0.2) is 5.96 Å². The van der Waals surface area contributed by atoms with Crippen molar-refractivity contribution in [3.63, 3.8) is 0 Å². The molecule has 6 nitrogen and oxygen atoms in total. The predicted octanol–water partition coefficient (Wildman–Crippen LogP) is 1.30. The summed E-state index contributed by atoms with van der Waals surface area (Å²) in [5, 5.41) is 6.64. The Labute approximate surface area is 127 Å². The molecular formula is C15H27N5O. The van der Waals surface area contributed by atoms with Crippen LogP contribution in [0.4, 0.5) is 0 Å². The van der Waals surface area contributed by atoms with E-state index in [0.717, 1.165) is 29.9 Å². The van der Waals surface area contributed by atoms with E-state index < -0.39 is 0 Å². The fourth-order valence-corrected chi connectivity index (χ4v) is 2.45. The molecule has 1 aromatic heterocycles. The summed E-state index contributed by atoms with van der Waals surface area (Å²) in [7, 11) is 6.06. The second-order valence-corrected chi connectivity index (χ2v) is 5.92. The number of likely N-dealkylation sites (N-methyl/N-ethyl adjacent to an activating group) is 1. The molecule has 1 unspecified atom stereocenters. The summed E-state index contributed by atoms with van der Waals surface area (Å²) >= 11 is 0. The van der Waals surface area contributed by atoms with E-state index in [4.69, 9.17) is 4.42 Å². The van der Waals surface area contributed by atoms with Gasteiger partial charge in [-0.3, -0.25) is 4.99 Å². The standard InChI is InChI=1S/C15H27N5O/c1-10-11(2)21-14(19-10)9-18-15(16-3)17-8-13(20(4)5)12-6-7-12/h12-13H,6-9H2,1-5H3,(H2,16,17,18). The lowest BCUT2D eigenvalue weighted by Gasteiger charge is -2.25. The van der Waals surface area contributed by atoms with Gasteiger partial charge in [0, 0.05) is 19.6 Å². The third kappa shape index (κ3) is 4.46. The van der Waals surface area contributed by atoms with Gasteiger partial charge in [0.1, 0.15) is 5.76 Å². The quantitative estimate of drug-likeness (QED) is 0.611. The largest absolute Gasteiger partial charge is 0.444 e. The number of aryl methyl sites for hydroxylation is 2. The van der Waals surface area contributed by atoms with Crippen molar-refractivity contribution in [2.24, 2.45) is 10.9 Å². The molecule has 1 atom stereocenters. The first-order valence-electron chi connectivity index (χ1n) is 7.55. The molecule has 0 spiro atoms. The Hall–Kier alpha value is -1.56. The van der Waals surface area contributed by atoms with Crippen LogP contribution < -0.4 is 10.6 Å². The van der Waals surface area contributed by atoms with Gasteiger partial charge in [-0.25, -0.2) is 4.98 Å². The van der Waals surface area contributed by atoms with Gasteiger partial charge in [0.2, 0.25) is 5.89 Å². The minimum atomic E-state index is 0.546. The zero-order chi connectivity index (χ0) is 15.4. The summed E-state index contributed by atoms with van der Waals surface area (Å²) in [6, 6.07) is 0.565. The van der Waals surface area contributed by atoms with Crippen molar-refractivity contribution in [3.8, 4) is 0 Å². The molecule has 1 aliphatic rings. The monoisotopic (exact) mass is 293 g/mol. The summed E-state index contributed by atoms with van der Waals surface area (Å²) in [6.45, 7) is 5.33. The van der Waals surface area contributed by atoms with Crippen LogP contribution in [0.5, 0.6) is 0 Å². The first kappa shape index (κ1) is 15.8. The number of rotatable bonds is 6. The molecule has 2 rings (SSSR count). The zero-order valence-corrected chi connectivity index (χ0v) is 13.7. The molecule has 118 valence electrons. The third-order valence-corrected chi connectivity index (χ3v) is 4.01. The smallest absolute Gasteiger partial charge is 0.214 e. The molecule has 0 saturated heterocycles. The lowest BCUT2D eigenvalue weighted by molar-refractivity contribution is 0.264. The average molecular weight is 293 g/mol. The molecule has 1 saturated carbocycles. The van der Waals surface area contributed by atoms with Gasteiger partial charge in [0.25, 0.3) is 0 Å². The average Bonchev–Trinajstić information content (AvgIpc) is 3.21. The van der Waals surface area contributed by atoms with Gasteiger partial charge in [-0.2, -0.15) is 0 Å². The Morgan fingerprint density at radius 2 is 2.10 bits per heavy atom. The number of hydrogen-bond acceptors (Lipinski definition) is 4. The predicted molar refractivity (Wildman–Crippen MR) is 84.4 cm³/mol. The molecule has 0 radical (unpaired) electrons. The summed E-state index contributed by atoms with van der Waals surface area (Å²) in [4.78, 5) is 10.9. The highest BCUT2D eigenvalue weighted by Gasteiger charge is 2.32. The second kappa shape index (κ2) is 6.93. The zero-order valence-electron chi connectivity index (χ0n) is 13.7. The Balaban J connectivity index is 1.80. The van der Waals surface area contributed by atoms with Crippen LogP contribution in [-0.4, -0.2) is 49.6 Å². The van der Waals surface area contributed by atoms with Crippen molar-refractivity contribution in [1.29, 1.82) is 0 Å². The lowest BCUT2D eigenvalue weighted by Crippen LogP contribution is -2.45. The van der Waals surface area contributed by atoms with E-state index in [0.29, 0.717) is 18.5 Å². The fourth-order valence-electron chi connectivity index (χ4n) is 2.45. The van der Waals surface area contributed by atoms with Crippen molar-refractivity contribution in [1.82, 2.24) is 20.5 Å². The second-order valence-electron chi connectivity index (χ2n) is 5.92. The third-order valence-electron chi connectivity index (χ3n) is 4.01. The molecule has 0 amide bonds. The van der Waals surface area contributed by atoms with Gasteiger partial charge >= 0.3 is 0 Å². The van der Waals surface area contributed by atoms with E-state index in [9.17, 15) is 0 Å². The number of hydrogen-bond donors (Lipinski definition) is 2. The molecule has 6 heteroatoms. The minimum absolute atomic E-state index is 0.546. The van der Waals surface area contributed by atoms with Gasteiger partial charge in [-0.15, -0.1) is 0 Å². The van der Waals surface area contributed by atoms with Gasteiger partial charge < -0.3 is 20.0 Å². The van der Waals surface area contributed by atoms with Crippen molar-refractivity contribution in [3.05, 3.63) is 17.3 Å². The molecule has 1 heterocycles. The van der Waals surface area contributed by atoms with E-state index >= 15 is 0 Å². The fraction of sp³-hybridized carbons (Fsp3) is 0.733. The summed E-state index contributed by atoms with van der Waals surface area (Å²) in [6.07, 6.45) is 2.68. The highest BCUT2D eigenvalue weighted by Crippen LogP contribution is 2.34. The minimum Gasteiger partial charge on any atom is -0.444 e. The number of nitrogens with one attached hydrogen (secondary N) is 2. The maximum absolute atomic E-state index is 5.56. The summed E-state index contributed by atoms with van der Waals surface area (Å²) in [5.74, 6) is 3.18. The molecular weight excluding hydrogens is 266 g/mol. The van der Waals surface area contributed by atoms with E-state index in [1.807, 2.05) is 13.8 Å². The number of aromatic nitrogens is 1. The van der Waals surface area contributed by atoms with Crippen LogP contribution in [0.3, 0.4) is 0 Å². The maximum Gasteiger partial charge on any atom is 0.214 e. The van der Waals surface area contributed by atoms with Gasteiger partial charge in [-0.05, 0) is 46.7 Å². The topological polar surface area (TPSA) is 65.7 Å². The maximum atomic E-state index is 5.56. The van der Waals surface area contributed by atoms with Crippen molar-refractivity contribution in [2.45, 2.75) is 39.3 Å². The molecule has 1 aromatic rings. The highest BCUT2D eigenvalue weighted by atomic mass is 16.4. The van der Waals surface area contributed by atoms with Crippen LogP contribution in [-0.2, 0) is 6.54 Å². The first-order valence-corrected chi connectivity index (χ1v) is 7.55. The van der Waals surface area contributed by atoms with E-state index in [1.54, 1.807) is 7.05 Å². The van der Waals surface area contributed by atoms with Crippen LogP contribution in [0.2, 0.25) is 0 Å². The van der Waals surface area contributed by atoms with Crippen molar-refractivity contribution in [2.75, 3.05) is 27.7 Å². The Morgan fingerprint density at radius 1 is 1.38 bits per heavy atom. The van der Waals surface area contributed by atoms with E-state index in [1.165, 1.54) is 12.8 Å². The van der Waals surface area contributed by atoms with Crippen molar-refractivity contribution < 1.29 is 4.42 Å². The van der Waals surface area contributed by atoms with Gasteiger partial charge in [0.05, 0.1) is 12.2 Å². The van der Waals surface area contributed by atoms with Crippen LogP contribution in [0.1, 0.15) is 30.2 Å². The lowest BCUT2D eigenvalue weighted by atomic mass is 10.1. The molecule has 1 aliphatic carbocycles. The number of aliphatic imine (C=N–C) groups is 1. The van der Waals surface area contributed by atoms with Gasteiger partial charge in [-0.1, -0.05) is 0 Å². The molecule has 0 bridgehead atoms. The van der Waals surface area contributed by atoms with Crippen molar-refractivity contribution >= 4 is 5.96 Å². The summed E-state index contributed by atoms with van der Waals surface area (Å²) in [5.41, 5.74) is 0.941. The van der Waals surface area contributed by atoms with Crippen LogP contribution >= 0.6 is 0 Å². The number of nitrogens with zero attached hydrogens (tertiary/aromatic N) is 3. The number of oxazole rings is 1.